The quantitative estimate of drug-likeness (QED) is 0.474. The van der Waals surface area contributed by atoms with Crippen molar-refractivity contribution >= 4 is 23.5 Å². The molecular weight excluding hydrogens is 370 g/mol. The molecule has 0 aromatic heterocycles. The van der Waals surface area contributed by atoms with Crippen LogP contribution in [0.15, 0.2) is 42.5 Å². The Morgan fingerprint density at radius 1 is 0.828 bits per heavy atom. The molecule has 0 fully saturated rings. The van der Waals surface area contributed by atoms with Gasteiger partial charge >= 0.3 is 11.9 Å². The molecule has 0 aliphatic rings. The Kier molecular flexibility index (Phi) is 8.40. The summed E-state index contributed by atoms with van der Waals surface area (Å²) in [6.45, 7) is 2.03. The van der Waals surface area contributed by atoms with E-state index in [-0.39, 0.29) is 17.0 Å². The molecule has 6 heteroatoms. The number of benzene rings is 2. The molecule has 1 amide bonds. The van der Waals surface area contributed by atoms with Crippen LogP contribution in [-0.2, 0) is 17.6 Å². The number of hydrogen-bond donors (Lipinski definition) is 3. The molecule has 0 saturated carbocycles. The zero-order chi connectivity index (χ0) is 21.2. The first kappa shape index (κ1) is 22.1. The molecule has 6 nitrogen and oxygen atoms in total. The maximum atomic E-state index is 12.3. The van der Waals surface area contributed by atoms with Crippen LogP contribution >= 0.6 is 0 Å². The van der Waals surface area contributed by atoms with Gasteiger partial charge in [0.05, 0.1) is 11.1 Å². The van der Waals surface area contributed by atoms with E-state index in [0.717, 1.165) is 49.7 Å². The van der Waals surface area contributed by atoms with E-state index in [1.54, 1.807) is 24.3 Å². The number of carboxylic acid groups (broad SMARTS) is 2. The number of aryl methyl sites for hydroxylation is 2. The average Bonchev–Trinajstić information content (AvgIpc) is 2.69. The highest BCUT2D eigenvalue weighted by Crippen LogP contribution is 2.20. The van der Waals surface area contributed by atoms with E-state index in [1.807, 2.05) is 19.1 Å². The smallest absolute Gasteiger partial charge is 0.335 e. The number of carboxylic acids is 2. The first-order valence-electron chi connectivity index (χ1n) is 9.89. The van der Waals surface area contributed by atoms with Gasteiger partial charge in [-0.3, -0.25) is 4.79 Å². The molecule has 0 heterocycles. The zero-order valence-corrected chi connectivity index (χ0v) is 16.6. The van der Waals surface area contributed by atoms with Gasteiger partial charge in [-0.2, -0.15) is 0 Å². The van der Waals surface area contributed by atoms with Gasteiger partial charge in [-0.25, -0.2) is 9.59 Å². The molecule has 0 saturated heterocycles. The van der Waals surface area contributed by atoms with E-state index in [4.69, 9.17) is 10.2 Å². The minimum Gasteiger partial charge on any atom is -0.478 e. The molecule has 0 spiro atoms. The number of carbonyl (C=O) groups is 3. The molecule has 0 aliphatic heterocycles. The summed E-state index contributed by atoms with van der Waals surface area (Å²) in [6, 6.07) is 11.7. The molecule has 2 rings (SSSR count). The number of nitrogens with one attached hydrogen (secondary N) is 1. The van der Waals surface area contributed by atoms with Gasteiger partial charge < -0.3 is 15.5 Å². The lowest BCUT2D eigenvalue weighted by Crippen LogP contribution is -2.13. The van der Waals surface area contributed by atoms with Crippen LogP contribution < -0.4 is 5.32 Å². The summed E-state index contributed by atoms with van der Waals surface area (Å²) in [6.07, 6.45) is 5.42. The number of carbonyl (C=O) groups excluding carboxylic acids is 1. The second kappa shape index (κ2) is 11.0. The summed E-state index contributed by atoms with van der Waals surface area (Å²) in [4.78, 5) is 34.3. The molecule has 2 aromatic carbocycles. The number of rotatable bonds is 11. The SMILES string of the molecule is CCCc1ccc(C(=O)O)cc1NC(=O)CCCCCc1ccc(C(=O)O)cc1. The van der Waals surface area contributed by atoms with Gasteiger partial charge in [0.15, 0.2) is 0 Å². The van der Waals surface area contributed by atoms with Gasteiger partial charge in [-0.05, 0) is 61.1 Å². The summed E-state index contributed by atoms with van der Waals surface area (Å²) >= 11 is 0. The minimum absolute atomic E-state index is 0.115. The Labute approximate surface area is 170 Å². The number of unbranched alkanes of at least 4 members (excludes halogenated alkanes) is 2. The van der Waals surface area contributed by atoms with Crippen LogP contribution in [0.3, 0.4) is 0 Å². The van der Waals surface area contributed by atoms with Crippen molar-refractivity contribution in [2.24, 2.45) is 0 Å². The molecule has 0 bridgehead atoms. The van der Waals surface area contributed by atoms with Crippen molar-refractivity contribution in [2.75, 3.05) is 5.32 Å². The van der Waals surface area contributed by atoms with Crippen LogP contribution in [0.4, 0.5) is 5.69 Å². The Morgan fingerprint density at radius 2 is 1.48 bits per heavy atom. The van der Waals surface area contributed by atoms with E-state index < -0.39 is 11.9 Å². The number of hydrogen-bond acceptors (Lipinski definition) is 3. The van der Waals surface area contributed by atoms with Crippen molar-refractivity contribution in [2.45, 2.75) is 51.9 Å². The van der Waals surface area contributed by atoms with Crippen molar-refractivity contribution in [3.63, 3.8) is 0 Å². The Morgan fingerprint density at radius 3 is 2.10 bits per heavy atom. The van der Waals surface area contributed by atoms with E-state index in [0.29, 0.717) is 12.1 Å². The molecular formula is C23H27NO5. The summed E-state index contributed by atoms with van der Waals surface area (Å²) in [5.74, 6) is -2.06. The van der Waals surface area contributed by atoms with Crippen LogP contribution in [0.5, 0.6) is 0 Å². The predicted octanol–water partition coefficient (Wildman–Crippen LogP) is 4.78. The number of anilines is 1. The Hall–Kier alpha value is -3.15. The van der Waals surface area contributed by atoms with Crippen LogP contribution in [0.25, 0.3) is 0 Å². The van der Waals surface area contributed by atoms with Crippen molar-refractivity contribution in [1.82, 2.24) is 0 Å². The average molecular weight is 397 g/mol. The van der Waals surface area contributed by atoms with Crippen molar-refractivity contribution in [3.8, 4) is 0 Å². The van der Waals surface area contributed by atoms with Crippen molar-refractivity contribution in [3.05, 3.63) is 64.7 Å². The zero-order valence-electron chi connectivity index (χ0n) is 16.6. The minimum atomic E-state index is -1.01. The lowest BCUT2D eigenvalue weighted by molar-refractivity contribution is -0.116. The summed E-state index contributed by atoms with van der Waals surface area (Å²) in [7, 11) is 0. The van der Waals surface area contributed by atoms with E-state index in [2.05, 4.69) is 5.32 Å². The highest BCUT2D eigenvalue weighted by atomic mass is 16.4. The van der Waals surface area contributed by atoms with Gasteiger partial charge in [0.1, 0.15) is 0 Å². The third-order valence-electron chi connectivity index (χ3n) is 4.72. The van der Waals surface area contributed by atoms with E-state index in [9.17, 15) is 14.4 Å². The third kappa shape index (κ3) is 7.07. The Balaban J connectivity index is 1.79. The molecule has 29 heavy (non-hydrogen) atoms. The molecule has 0 radical (unpaired) electrons. The van der Waals surface area contributed by atoms with Crippen LogP contribution in [0.1, 0.15) is 70.9 Å². The van der Waals surface area contributed by atoms with Gasteiger partial charge in [-0.15, -0.1) is 0 Å². The Bertz CT molecular complexity index is 858. The summed E-state index contributed by atoms with van der Waals surface area (Å²) in [5, 5.41) is 20.9. The van der Waals surface area contributed by atoms with Crippen LogP contribution in [0, 0.1) is 0 Å². The van der Waals surface area contributed by atoms with Gasteiger partial charge in [0.2, 0.25) is 5.91 Å². The summed E-state index contributed by atoms with van der Waals surface area (Å²) in [5.41, 5.74) is 3.04. The molecule has 2 aromatic rings. The van der Waals surface area contributed by atoms with Crippen LogP contribution in [-0.4, -0.2) is 28.1 Å². The van der Waals surface area contributed by atoms with Gasteiger partial charge in [-0.1, -0.05) is 38.0 Å². The maximum Gasteiger partial charge on any atom is 0.335 e. The molecule has 0 aliphatic carbocycles. The van der Waals surface area contributed by atoms with Crippen molar-refractivity contribution < 1.29 is 24.6 Å². The second-order valence-electron chi connectivity index (χ2n) is 7.04. The first-order chi connectivity index (χ1) is 13.9. The van der Waals surface area contributed by atoms with Crippen molar-refractivity contribution in [1.29, 1.82) is 0 Å². The third-order valence-corrected chi connectivity index (χ3v) is 4.72. The molecule has 154 valence electrons. The topological polar surface area (TPSA) is 104 Å². The molecule has 0 unspecified atom stereocenters. The number of aromatic carboxylic acids is 2. The maximum absolute atomic E-state index is 12.3. The second-order valence-corrected chi connectivity index (χ2v) is 7.04. The normalized spacial score (nSPS) is 10.5. The predicted molar refractivity (Wildman–Crippen MR) is 112 cm³/mol. The standard InChI is InChI=1S/C23H27NO5/c1-2-6-17-13-14-19(23(28)29)15-20(17)24-21(25)8-5-3-4-7-16-9-11-18(12-10-16)22(26)27/h9-15H,2-8H2,1H3,(H,24,25)(H,26,27)(H,28,29). The van der Waals surface area contributed by atoms with E-state index in [1.165, 1.54) is 6.07 Å². The van der Waals surface area contributed by atoms with Gasteiger partial charge in [0.25, 0.3) is 0 Å². The lowest BCUT2D eigenvalue weighted by atomic mass is 10.0. The van der Waals surface area contributed by atoms with E-state index >= 15 is 0 Å². The van der Waals surface area contributed by atoms with Gasteiger partial charge in [0, 0.05) is 12.1 Å². The summed E-state index contributed by atoms with van der Waals surface area (Å²) < 4.78 is 0. The van der Waals surface area contributed by atoms with Crippen LogP contribution in [0.2, 0.25) is 0 Å². The highest BCUT2D eigenvalue weighted by Gasteiger charge is 2.11. The monoisotopic (exact) mass is 397 g/mol. The first-order valence-corrected chi connectivity index (χ1v) is 9.89. The fourth-order valence-corrected chi connectivity index (χ4v) is 3.13. The number of amides is 1. The molecule has 3 N–H and O–H groups in total. The lowest BCUT2D eigenvalue weighted by Gasteiger charge is -2.12. The largest absolute Gasteiger partial charge is 0.478 e. The fourth-order valence-electron chi connectivity index (χ4n) is 3.13. The fraction of sp³-hybridized carbons (Fsp3) is 0.348. The highest BCUT2D eigenvalue weighted by molar-refractivity contribution is 5.94. The molecule has 0 atom stereocenters.